The molecule has 3 nitrogen and oxygen atoms in total. The van der Waals surface area contributed by atoms with Crippen molar-refractivity contribution < 1.29 is 8.96 Å². The summed E-state index contributed by atoms with van der Waals surface area (Å²) in [7, 11) is 1.83. The van der Waals surface area contributed by atoms with Gasteiger partial charge in [0.2, 0.25) is 6.33 Å². The van der Waals surface area contributed by atoms with Crippen LogP contribution in [0, 0.1) is 5.41 Å². The van der Waals surface area contributed by atoms with E-state index < -0.39 is 6.17 Å². The van der Waals surface area contributed by atoms with Crippen molar-refractivity contribution in [2.75, 3.05) is 0 Å². The molecule has 0 unspecified atom stereocenters. The molecule has 14 heavy (non-hydrogen) atoms. The summed E-state index contributed by atoms with van der Waals surface area (Å²) >= 11 is 0. The number of aryl methyl sites for hydroxylation is 1. The van der Waals surface area contributed by atoms with Crippen LogP contribution in [0.25, 0.3) is 0 Å². The fraction of sp³-hybridized carbons (Fsp3) is 0.800. The molecule has 1 aromatic heterocycles. The number of rotatable bonds is 0. The molecular weight excluding hydrogens is 181 g/mol. The summed E-state index contributed by atoms with van der Waals surface area (Å²) in [6.45, 7) is 6.42. The summed E-state index contributed by atoms with van der Waals surface area (Å²) in [4.78, 5) is 0. The molecule has 0 saturated carbocycles. The Bertz CT molecular complexity index is 351. The molecule has 0 radical (unpaired) electrons. The molecule has 1 aromatic rings. The summed E-state index contributed by atoms with van der Waals surface area (Å²) in [6, 6.07) is 0.223. The Kier molecular flexibility index (Phi) is 1.91. The molecule has 2 rings (SSSR count). The van der Waals surface area contributed by atoms with Crippen molar-refractivity contribution >= 4 is 0 Å². The van der Waals surface area contributed by atoms with E-state index in [4.69, 9.17) is 0 Å². The zero-order valence-electron chi connectivity index (χ0n) is 9.16. The highest BCUT2D eigenvalue weighted by molar-refractivity contribution is 4.90. The van der Waals surface area contributed by atoms with Gasteiger partial charge < -0.3 is 0 Å². The van der Waals surface area contributed by atoms with Crippen molar-refractivity contribution in [1.82, 2.24) is 9.78 Å². The molecule has 0 amide bonds. The Morgan fingerprint density at radius 2 is 2.21 bits per heavy atom. The zero-order valence-corrected chi connectivity index (χ0v) is 9.16. The van der Waals surface area contributed by atoms with Gasteiger partial charge >= 0.3 is 5.82 Å². The van der Waals surface area contributed by atoms with Crippen LogP contribution in [0.3, 0.4) is 0 Å². The Balaban J connectivity index is 2.43. The van der Waals surface area contributed by atoms with Crippen molar-refractivity contribution in [3.63, 3.8) is 0 Å². The second-order valence-electron chi connectivity index (χ2n) is 5.14. The lowest BCUT2D eigenvalue weighted by Gasteiger charge is -2.24. The van der Waals surface area contributed by atoms with Crippen LogP contribution in [-0.4, -0.2) is 9.78 Å². The first-order valence-corrected chi connectivity index (χ1v) is 4.98. The number of fused-ring (bicyclic) bond motifs is 1. The molecule has 0 fully saturated rings. The summed E-state index contributed by atoms with van der Waals surface area (Å²) in [6.07, 6.45) is 1.54. The molecule has 0 aliphatic carbocycles. The van der Waals surface area contributed by atoms with Gasteiger partial charge in [-0.1, -0.05) is 20.8 Å². The molecule has 0 spiro atoms. The minimum absolute atomic E-state index is 0.0866. The lowest BCUT2D eigenvalue weighted by atomic mass is 9.85. The maximum absolute atomic E-state index is 13.6. The molecule has 0 aromatic carbocycles. The third-order valence-corrected chi connectivity index (χ3v) is 2.86. The third-order valence-electron chi connectivity index (χ3n) is 2.86. The van der Waals surface area contributed by atoms with Gasteiger partial charge in [-0.3, -0.25) is 0 Å². The van der Waals surface area contributed by atoms with E-state index in [2.05, 4.69) is 25.9 Å². The van der Waals surface area contributed by atoms with Crippen LogP contribution in [0.2, 0.25) is 0 Å². The Hall–Kier alpha value is -0.930. The van der Waals surface area contributed by atoms with Gasteiger partial charge in [0.1, 0.15) is 0 Å². The molecule has 0 bridgehead atoms. The van der Waals surface area contributed by atoms with Crippen LogP contribution in [0.1, 0.15) is 45.2 Å². The number of alkyl halides is 1. The number of aromatic nitrogens is 3. The predicted molar refractivity (Wildman–Crippen MR) is 50.4 cm³/mol. The van der Waals surface area contributed by atoms with Crippen LogP contribution < -0.4 is 4.57 Å². The van der Waals surface area contributed by atoms with Gasteiger partial charge in [0.15, 0.2) is 6.17 Å². The van der Waals surface area contributed by atoms with E-state index in [0.717, 1.165) is 0 Å². The molecule has 78 valence electrons. The van der Waals surface area contributed by atoms with Gasteiger partial charge in [-0.25, -0.2) is 8.96 Å². The number of hydrogen-bond acceptors (Lipinski definition) is 1. The summed E-state index contributed by atoms with van der Waals surface area (Å²) < 4.78 is 17.3. The second kappa shape index (κ2) is 2.78. The summed E-state index contributed by atoms with van der Waals surface area (Å²) in [5, 5.41) is 4.14. The van der Waals surface area contributed by atoms with Crippen molar-refractivity contribution in [3.05, 3.63) is 12.2 Å². The average molecular weight is 198 g/mol. The maximum Gasteiger partial charge on any atom is 0.312 e. The molecule has 4 heteroatoms. The highest BCUT2D eigenvalue weighted by Gasteiger charge is 2.44. The third kappa shape index (κ3) is 1.33. The highest BCUT2D eigenvalue weighted by atomic mass is 19.1. The first-order chi connectivity index (χ1) is 6.39. The standard InChI is InChI=1S/C10H17FN3/c1-10(2,3)8-5-7(11)9-12-13(4)6-14(8)9/h6-8H,5H2,1-4H3/q+1/t7-,8+/m0/s1. The topological polar surface area (TPSA) is 21.7 Å². The second-order valence-corrected chi connectivity index (χ2v) is 5.14. The Labute approximate surface area is 83.5 Å². The van der Waals surface area contributed by atoms with Crippen molar-refractivity contribution in [3.8, 4) is 0 Å². The van der Waals surface area contributed by atoms with Gasteiger partial charge in [0, 0.05) is 11.5 Å². The normalized spacial score (nSPS) is 26.6. The number of halogens is 1. The van der Waals surface area contributed by atoms with Crippen LogP contribution in [-0.2, 0) is 7.05 Å². The Morgan fingerprint density at radius 3 is 2.79 bits per heavy atom. The highest BCUT2D eigenvalue weighted by Crippen LogP contribution is 2.39. The fourth-order valence-corrected chi connectivity index (χ4v) is 2.13. The van der Waals surface area contributed by atoms with Crippen molar-refractivity contribution in [2.24, 2.45) is 12.5 Å². The fourth-order valence-electron chi connectivity index (χ4n) is 2.13. The minimum Gasteiger partial charge on any atom is -0.235 e. The van der Waals surface area contributed by atoms with E-state index in [9.17, 15) is 4.39 Å². The van der Waals surface area contributed by atoms with Crippen molar-refractivity contribution in [1.29, 1.82) is 0 Å². The average Bonchev–Trinajstić information content (AvgIpc) is 2.49. The van der Waals surface area contributed by atoms with Gasteiger partial charge in [-0.15, -0.1) is 4.68 Å². The van der Waals surface area contributed by atoms with Gasteiger partial charge in [0.25, 0.3) is 0 Å². The zero-order chi connectivity index (χ0) is 10.5. The van der Waals surface area contributed by atoms with Crippen LogP contribution >= 0.6 is 0 Å². The lowest BCUT2D eigenvalue weighted by Crippen LogP contribution is -2.43. The van der Waals surface area contributed by atoms with Gasteiger partial charge in [0.05, 0.1) is 13.1 Å². The Morgan fingerprint density at radius 1 is 1.57 bits per heavy atom. The minimum atomic E-state index is -0.902. The molecule has 0 N–H and O–H groups in total. The van der Waals surface area contributed by atoms with E-state index >= 15 is 0 Å². The van der Waals surface area contributed by atoms with E-state index in [1.54, 1.807) is 4.68 Å². The van der Waals surface area contributed by atoms with Crippen molar-refractivity contribution in [2.45, 2.75) is 39.4 Å². The SMILES string of the molecule is Cn1c[n+]2c(n1)[C@@H](F)C[C@@H]2C(C)(C)C. The summed E-state index contributed by atoms with van der Waals surface area (Å²) in [5.41, 5.74) is 0.0866. The number of nitrogens with zero attached hydrogens (tertiary/aromatic N) is 3. The maximum atomic E-state index is 13.6. The predicted octanol–water partition coefficient (Wildman–Crippen LogP) is 1.71. The number of hydrogen-bond donors (Lipinski definition) is 0. The molecule has 0 saturated heterocycles. The van der Waals surface area contributed by atoms with E-state index in [1.807, 2.05) is 17.9 Å². The van der Waals surface area contributed by atoms with Crippen LogP contribution in [0.5, 0.6) is 0 Å². The largest absolute Gasteiger partial charge is 0.312 e. The molecular formula is C10H17FN3+. The first kappa shape index (κ1) is 9.62. The lowest BCUT2D eigenvalue weighted by molar-refractivity contribution is -0.729. The monoisotopic (exact) mass is 198 g/mol. The van der Waals surface area contributed by atoms with E-state index in [-0.39, 0.29) is 11.5 Å². The van der Waals surface area contributed by atoms with Crippen LogP contribution in [0.15, 0.2) is 6.33 Å². The van der Waals surface area contributed by atoms with E-state index in [0.29, 0.717) is 12.2 Å². The molecule has 1 aliphatic heterocycles. The molecule has 2 atom stereocenters. The first-order valence-electron chi connectivity index (χ1n) is 4.98. The van der Waals surface area contributed by atoms with Gasteiger partial charge in [-0.2, -0.15) is 0 Å². The van der Waals surface area contributed by atoms with E-state index in [1.165, 1.54) is 0 Å². The molecule has 1 aliphatic rings. The molecule has 2 heterocycles. The quantitative estimate of drug-likeness (QED) is 0.582. The van der Waals surface area contributed by atoms with Crippen LogP contribution in [0.4, 0.5) is 4.39 Å². The summed E-state index contributed by atoms with van der Waals surface area (Å²) in [5.74, 6) is 0.576. The smallest absolute Gasteiger partial charge is 0.235 e. The van der Waals surface area contributed by atoms with Gasteiger partial charge in [-0.05, 0) is 5.41 Å².